The number of hydrogen-bond donors (Lipinski definition) is 1. The van der Waals surface area contributed by atoms with Crippen molar-refractivity contribution < 1.29 is 17.9 Å². The second-order valence-electron chi connectivity index (χ2n) is 5.34. The first kappa shape index (κ1) is 16.0. The van der Waals surface area contributed by atoms with E-state index in [0.717, 1.165) is 17.7 Å². The van der Waals surface area contributed by atoms with Crippen molar-refractivity contribution in [2.45, 2.75) is 38.0 Å². The average molecular weight is 315 g/mol. The van der Waals surface area contributed by atoms with Crippen molar-refractivity contribution in [1.82, 2.24) is 14.5 Å². The summed E-state index contributed by atoms with van der Waals surface area (Å²) in [4.78, 5) is 11.7. The van der Waals surface area contributed by atoms with Crippen LogP contribution in [0.1, 0.15) is 30.5 Å². The van der Waals surface area contributed by atoms with Crippen LogP contribution in [0.5, 0.6) is 0 Å². The molecule has 1 aliphatic carbocycles. The van der Waals surface area contributed by atoms with E-state index in [-0.39, 0.29) is 6.54 Å². The molecule has 118 valence electrons. The lowest BCUT2D eigenvalue weighted by atomic mass is 10.1. The van der Waals surface area contributed by atoms with Gasteiger partial charge in [-0.3, -0.25) is 9.48 Å². The number of esters is 1. The molecule has 0 radical (unpaired) electrons. The predicted molar refractivity (Wildman–Crippen MR) is 76.8 cm³/mol. The third kappa shape index (κ3) is 3.26. The molecule has 0 unspecified atom stereocenters. The number of carbonyl (C=O) groups excluding carboxylic acids is 1. The van der Waals surface area contributed by atoms with Crippen LogP contribution in [0.4, 0.5) is 0 Å². The van der Waals surface area contributed by atoms with Crippen molar-refractivity contribution in [1.29, 1.82) is 0 Å². The molecular formula is C13H21N3O4S. The van der Waals surface area contributed by atoms with E-state index in [1.165, 1.54) is 7.11 Å². The third-order valence-corrected chi connectivity index (χ3v) is 6.06. The molecule has 21 heavy (non-hydrogen) atoms. The minimum Gasteiger partial charge on any atom is -0.469 e. The van der Waals surface area contributed by atoms with Gasteiger partial charge in [-0.05, 0) is 19.8 Å². The zero-order valence-electron chi connectivity index (χ0n) is 12.5. The van der Waals surface area contributed by atoms with Crippen molar-refractivity contribution in [3.63, 3.8) is 0 Å². The van der Waals surface area contributed by atoms with Crippen LogP contribution in [-0.4, -0.2) is 36.5 Å². The molecule has 2 rings (SSSR count). The van der Waals surface area contributed by atoms with Crippen LogP contribution in [0.15, 0.2) is 6.20 Å². The summed E-state index contributed by atoms with van der Waals surface area (Å²) in [6, 6.07) is 0. The number of aromatic nitrogens is 2. The molecule has 7 nitrogen and oxygen atoms in total. The van der Waals surface area contributed by atoms with Crippen molar-refractivity contribution in [3.8, 4) is 0 Å². The molecule has 1 fully saturated rings. The Balaban J connectivity index is 2.08. The highest BCUT2D eigenvalue weighted by Gasteiger charge is 2.42. The Labute approximate surface area is 124 Å². The minimum atomic E-state index is -3.56. The summed E-state index contributed by atoms with van der Waals surface area (Å²) in [5.41, 5.74) is 1.74. The van der Waals surface area contributed by atoms with Crippen LogP contribution < -0.4 is 4.72 Å². The highest BCUT2D eigenvalue weighted by atomic mass is 32.2. The van der Waals surface area contributed by atoms with E-state index in [2.05, 4.69) is 9.82 Å². The molecule has 0 saturated heterocycles. The summed E-state index contributed by atoms with van der Waals surface area (Å²) in [5, 5.41) is 3.37. The van der Waals surface area contributed by atoms with Gasteiger partial charge in [-0.15, -0.1) is 0 Å². The van der Waals surface area contributed by atoms with E-state index in [1.54, 1.807) is 17.9 Å². The number of methoxy groups -OCH3 is 1. The first-order chi connectivity index (χ1) is 9.86. The van der Waals surface area contributed by atoms with Gasteiger partial charge in [0.05, 0.1) is 24.5 Å². The molecule has 2 atom stereocenters. The molecule has 1 saturated carbocycles. The maximum atomic E-state index is 12.4. The third-order valence-electron chi connectivity index (χ3n) is 4.16. The maximum absolute atomic E-state index is 12.4. The lowest BCUT2D eigenvalue weighted by molar-refractivity contribution is -0.145. The fourth-order valence-corrected chi connectivity index (χ4v) is 4.45. The van der Waals surface area contributed by atoms with Gasteiger partial charge in [-0.1, -0.05) is 6.42 Å². The van der Waals surface area contributed by atoms with Gasteiger partial charge in [-0.2, -0.15) is 5.10 Å². The van der Waals surface area contributed by atoms with Crippen molar-refractivity contribution in [2.75, 3.05) is 7.11 Å². The number of ether oxygens (including phenoxy) is 1. The van der Waals surface area contributed by atoms with Gasteiger partial charge in [0, 0.05) is 24.8 Å². The van der Waals surface area contributed by atoms with Gasteiger partial charge in [-0.25, -0.2) is 13.1 Å². The maximum Gasteiger partial charge on any atom is 0.310 e. The summed E-state index contributed by atoms with van der Waals surface area (Å²) in [6.45, 7) is 2.07. The van der Waals surface area contributed by atoms with Crippen LogP contribution >= 0.6 is 0 Å². The molecule has 0 spiro atoms. The minimum absolute atomic E-state index is 0.187. The molecule has 0 bridgehead atoms. The van der Waals surface area contributed by atoms with Gasteiger partial charge in [0.25, 0.3) is 0 Å². The van der Waals surface area contributed by atoms with Gasteiger partial charge in [0.1, 0.15) is 0 Å². The smallest absolute Gasteiger partial charge is 0.310 e. The fourth-order valence-electron chi connectivity index (χ4n) is 2.72. The monoisotopic (exact) mass is 315 g/mol. The number of nitrogens with zero attached hydrogens (tertiary/aromatic N) is 2. The van der Waals surface area contributed by atoms with Crippen LogP contribution in [0, 0.1) is 12.8 Å². The topological polar surface area (TPSA) is 90.3 Å². The molecule has 0 amide bonds. The Morgan fingerprint density at radius 2 is 2.24 bits per heavy atom. The first-order valence-corrected chi connectivity index (χ1v) is 8.45. The Morgan fingerprint density at radius 1 is 1.52 bits per heavy atom. The van der Waals surface area contributed by atoms with Gasteiger partial charge >= 0.3 is 5.97 Å². The lowest BCUT2D eigenvalue weighted by Crippen LogP contribution is -2.39. The van der Waals surface area contributed by atoms with E-state index in [0.29, 0.717) is 12.8 Å². The highest BCUT2D eigenvalue weighted by Crippen LogP contribution is 2.31. The molecule has 1 aliphatic rings. The summed E-state index contributed by atoms with van der Waals surface area (Å²) < 4.78 is 33.8. The van der Waals surface area contributed by atoms with Crippen LogP contribution in [0.25, 0.3) is 0 Å². The van der Waals surface area contributed by atoms with Gasteiger partial charge in [0.15, 0.2) is 0 Å². The number of carbonyl (C=O) groups is 1. The second-order valence-corrected chi connectivity index (χ2v) is 7.33. The Kier molecular flexibility index (Phi) is 4.67. The summed E-state index contributed by atoms with van der Waals surface area (Å²) in [6.07, 6.45) is 3.41. The van der Waals surface area contributed by atoms with Crippen molar-refractivity contribution in [2.24, 2.45) is 13.0 Å². The second kappa shape index (κ2) is 6.15. The van der Waals surface area contributed by atoms with E-state index in [4.69, 9.17) is 4.74 Å². The number of sulfonamides is 1. The van der Waals surface area contributed by atoms with Crippen LogP contribution in [0.3, 0.4) is 0 Å². The van der Waals surface area contributed by atoms with Gasteiger partial charge in [0.2, 0.25) is 10.0 Å². The van der Waals surface area contributed by atoms with E-state index < -0.39 is 27.2 Å². The van der Waals surface area contributed by atoms with Crippen molar-refractivity contribution >= 4 is 16.0 Å². The zero-order chi connectivity index (χ0) is 15.6. The standard InChI is InChI=1S/C13H21N3O4S/c1-9-10(7-14-16(9)2)8-15-21(18,19)12-6-4-5-11(12)13(17)20-3/h7,11-12,15H,4-6,8H2,1-3H3/t11-,12+/m1/s1. The molecule has 0 aliphatic heterocycles. The molecule has 8 heteroatoms. The van der Waals surface area contributed by atoms with Crippen LogP contribution in [-0.2, 0) is 33.1 Å². The molecule has 1 aromatic rings. The Hall–Kier alpha value is -1.41. The fraction of sp³-hybridized carbons (Fsp3) is 0.692. The number of nitrogens with one attached hydrogen (secondary N) is 1. The summed E-state index contributed by atoms with van der Waals surface area (Å²) >= 11 is 0. The van der Waals surface area contributed by atoms with E-state index in [9.17, 15) is 13.2 Å². The summed E-state index contributed by atoms with van der Waals surface area (Å²) in [7, 11) is -0.466. The molecular weight excluding hydrogens is 294 g/mol. The van der Waals surface area contributed by atoms with Gasteiger partial charge < -0.3 is 4.74 Å². The highest BCUT2D eigenvalue weighted by molar-refractivity contribution is 7.90. The molecule has 1 N–H and O–H groups in total. The Morgan fingerprint density at radius 3 is 2.81 bits per heavy atom. The zero-order valence-corrected chi connectivity index (χ0v) is 13.3. The number of aryl methyl sites for hydroxylation is 1. The molecule has 1 aromatic heterocycles. The lowest BCUT2D eigenvalue weighted by Gasteiger charge is -2.18. The van der Waals surface area contributed by atoms with Crippen molar-refractivity contribution in [3.05, 3.63) is 17.5 Å². The SMILES string of the molecule is COC(=O)[C@@H]1CCC[C@@H]1S(=O)(=O)NCc1cnn(C)c1C. The van der Waals surface area contributed by atoms with E-state index in [1.807, 2.05) is 6.92 Å². The number of rotatable bonds is 5. The number of hydrogen-bond acceptors (Lipinski definition) is 5. The van der Waals surface area contributed by atoms with Crippen LogP contribution in [0.2, 0.25) is 0 Å². The normalized spacial score (nSPS) is 22.4. The molecule has 0 aromatic carbocycles. The largest absolute Gasteiger partial charge is 0.469 e. The van der Waals surface area contributed by atoms with E-state index >= 15 is 0 Å². The molecule has 1 heterocycles. The first-order valence-electron chi connectivity index (χ1n) is 6.90. The summed E-state index contributed by atoms with van der Waals surface area (Å²) in [5.74, 6) is -1.01. The average Bonchev–Trinajstić information content (AvgIpc) is 3.05. The predicted octanol–water partition coefficient (Wildman–Crippen LogP) is 0.490. The Bertz CT molecular complexity index is 623. The quantitative estimate of drug-likeness (QED) is 0.799.